The summed E-state index contributed by atoms with van der Waals surface area (Å²) in [7, 11) is 3.70. The molecule has 1 aliphatic heterocycles. The molecule has 2 N–H and O–H groups in total. The molecule has 0 atom stereocenters. The van der Waals surface area contributed by atoms with Crippen LogP contribution >= 0.6 is 24.0 Å². The lowest BCUT2D eigenvalue weighted by atomic mass is 9.85. The Labute approximate surface area is 241 Å². The van der Waals surface area contributed by atoms with E-state index in [2.05, 4.69) is 27.1 Å². The van der Waals surface area contributed by atoms with Crippen LogP contribution in [0.5, 0.6) is 11.5 Å². The molecule has 1 saturated carbocycles. The second kappa shape index (κ2) is 12.7. The van der Waals surface area contributed by atoms with Crippen LogP contribution in [0, 0.1) is 5.92 Å². The van der Waals surface area contributed by atoms with Crippen molar-refractivity contribution in [1.82, 2.24) is 14.8 Å². The van der Waals surface area contributed by atoms with Gasteiger partial charge in [0.1, 0.15) is 0 Å². The number of likely N-dealkylation sites (N-methyl/N-ethyl adjacent to an activating group) is 1. The quantitative estimate of drug-likeness (QED) is 0.330. The lowest BCUT2D eigenvalue weighted by Crippen LogP contribution is -2.46. The highest BCUT2D eigenvalue weighted by molar-refractivity contribution is 6.32. The maximum atomic E-state index is 12.6. The van der Waals surface area contributed by atoms with Crippen LogP contribution in [-0.4, -0.2) is 78.6 Å². The number of anilines is 1. The Morgan fingerprint density at radius 1 is 1.10 bits per heavy atom. The molecule has 0 spiro atoms. The Kier molecular flexibility index (Phi) is 9.60. The SMILES string of the molecule is COc1cc(-c2ccc3ncc(C(C)=O)c(NC4CCC(CN5CCN(C)CC5)CC4)c3c2)cc(Cl)c1O.Cl. The molecule has 0 unspecified atom stereocenters. The van der Waals surface area contributed by atoms with Gasteiger partial charge in [-0.25, -0.2) is 0 Å². The van der Waals surface area contributed by atoms with Crippen LogP contribution in [-0.2, 0) is 0 Å². The van der Waals surface area contributed by atoms with Crippen molar-refractivity contribution in [3.8, 4) is 22.6 Å². The standard InChI is InChI=1S/C30H37ClN4O3.ClH/c1-19(36)25-17-32-27-9-6-21(22-15-26(31)30(37)28(16-22)38-3)14-24(27)29(25)33-23-7-4-20(5-8-23)18-35-12-10-34(2)11-13-35;/h6,9,14-17,20,23,37H,4-5,7-8,10-13,18H2,1-3H3,(H,32,33);1H. The van der Waals surface area contributed by atoms with E-state index in [1.165, 1.54) is 39.6 Å². The first-order valence-corrected chi connectivity index (χ1v) is 13.9. The Balaban J connectivity index is 0.00000353. The van der Waals surface area contributed by atoms with Gasteiger partial charge in [-0.1, -0.05) is 17.7 Å². The Bertz CT molecular complexity index is 1320. The van der Waals surface area contributed by atoms with Gasteiger partial charge in [-0.3, -0.25) is 9.78 Å². The number of pyridine rings is 1. The van der Waals surface area contributed by atoms with Crippen LogP contribution < -0.4 is 10.1 Å². The molecule has 9 heteroatoms. The fourth-order valence-electron chi connectivity index (χ4n) is 5.78. The predicted octanol–water partition coefficient (Wildman–Crippen LogP) is 6.11. The number of halogens is 2. The molecule has 210 valence electrons. The van der Waals surface area contributed by atoms with E-state index in [1.807, 2.05) is 18.2 Å². The van der Waals surface area contributed by atoms with Gasteiger partial charge in [-0.05, 0) is 81.0 Å². The van der Waals surface area contributed by atoms with E-state index in [0.717, 1.165) is 59.6 Å². The zero-order chi connectivity index (χ0) is 26.8. The molecule has 5 rings (SSSR count). The summed E-state index contributed by atoms with van der Waals surface area (Å²) < 4.78 is 5.30. The number of carbonyl (C=O) groups is 1. The number of methoxy groups -OCH3 is 1. The zero-order valence-corrected chi connectivity index (χ0v) is 24.4. The van der Waals surface area contributed by atoms with Gasteiger partial charge in [0, 0.05) is 50.3 Å². The number of hydrogen-bond donors (Lipinski definition) is 2. The summed E-state index contributed by atoms with van der Waals surface area (Å²) in [6, 6.07) is 9.77. The molecular weight excluding hydrogens is 535 g/mol. The number of aromatic hydroxyl groups is 1. The molecule has 3 aromatic rings. The van der Waals surface area contributed by atoms with E-state index in [1.54, 1.807) is 25.3 Å². The average Bonchev–Trinajstić information content (AvgIpc) is 2.92. The monoisotopic (exact) mass is 572 g/mol. The molecule has 1 saturated heterocycles. The number of hydrogen-bond acceptors (Lipinski definition) is 7. The van der Waals surface area contributed by atoms with Crippen LogP contribution in [0.2, 0.25) is 5.02 Å². The summed E-state index contributed by atoms with van der Waals surface area (Å²) in [5.41, 5.74) is 4.00. The normalized spacial score (nSPS) is 20.4. The van der Waals surface area contributed by atoms with Gasteiger partial charge >= 0.3 is 0 Å². The van der Waals surface area contributed by atoms with E-state index in [4.69, 9.17) is 16.3 Å². The van der Waals surface area contributed by atoms with Crippen molar-refractivity contribution in [3.63, 3.8) is 0 Å². The molecule has 2 fully saturated rings. The molecule has 0 amide bonds. The summed E-state index contributed by atoms with van der Waals surface area (Å²) in [4.78, 5) is 22.2. The lowest BCUT2D eigenvalue weighted by molar-refractivity contribution is 0.101. The van der Waals surface area contributed by atoms with Crippen LogP contribution in [0.1, 0.15) is 43.0 Å². The topological polar surface area (TPSA) is 77.9 Å². The lowest BCUT2D eigenvalue weighted by Gasteiger charge is -2.37. The molecule has 0 bridgehead atoms. The van der Waals surface area contributed by atoms with Crippen molar-refractivity contribution in [2.45, 2.75) is 38.6 Å². The number of Topliss-reactive ketones (excluding diaryl/α,β-unsaturated/α-hetero) is 1. The van der Waals surface area contributed by atoms with E-state index >= 15 is 0 Å². The number of carbonyl (C=O) groups excluding carboxylic acids is 1. The molecule has 1 aliphatic carbocycles. The first-order chi connectivity index (χ1) is 18.3. The Morgan fingerprint density at radius 3 is 2.49 bits per heavy atom. The molecule has 7 nitrogen and oxygen atoms in total. The molecular formula is C30H38Cl2N4O3. The van der Waals surface area contributed by atoms with E-state index in [9.17, 15) is 9.90 Å². The van der Waals surface area contributed by atoms with Crippen molar-refractivity contribution in [2.24, 2.45) is 5.92 Å². The largest absolute Gasteiger partial charge is 0.503 e. The number of nitrogens with zero attached hydrogens (tertiary/aromatic N) is 3. The predicted molar refractivity (Wildman–Crippen MR) is 161 cm³/mol. The first kappa shape index (κ1) is 29.4. The smallest absolute Gasteiger partial charge is 0.176 e. The number of aromatic nitrogens is 1. The number of ketones is 1. The van der Waals surface area contributed by atoms with Gasteiger partial charge in [0.2, 0.25) is 0 Å². The number of phenols is 1. The zero-order valence-electron chi connectivity index (χ0n) is 22.9. The van der Waals surface area contributed by atoms with E-state index in [0.29, 0.717) is 17.4 Å². The minimum Gasteiger partial charge on any atom is -0.503 e. The number of rotatable bonds is 7. The van der Waals surface area contributed by atoms with Gasteiger partial charge in [0.15, 0.2) is 17.3 Å². The molecule has 0 radical (unpaired) electrons. The van der Waals surface area contributed by atoms with Crippen LogP contribution in [0.25, 0.3) is 22.0 Å². The number of piperazine rings is 1. The van der Waals surface area contributed by atoms with Crippen LogP contribution in [0.15, 0.2) is 36.5 Å². The van der Waals surface area contributed by atoms with E-state index in [-0.39, 0.29) is 29.0 Å². The Morgan fingerprint density at radius 2 is 1.82 bits per heavy atom. The van der Waals surface area contributed by atoms with Gasteiger partial charge in [-0.15, -0.1) is 12.4 Å². The molecule has 39 heavy (non-hydrogen) atoms. The summed E-state index contributed by atoms with van der Waals surface area (Å²) in [5.74, 6) is 0.962. The number of benzene rings is 2. The van der Waals surface area contributed by atoms with Gasteiger partial charge < -0.3 is 25.0 Å². The highest BCUT2D eigenvalue weighted by Gasteiger charge is 2.26. The van der Waals surface area contributed by atoms with Crippen molar-refractivity contribution >= 4 is 46.4 Å². The summed E-state index contributed by atoms with van der Waals surface area (Å²) in [6.07, 6.45) is 6.25. The maximum Gasteiger partial charge on any atom is 0.176 e. The number of fused-ring (bicyclic) bond motifs is 1. The van der Waals surface area contributed by atoms with Crippen molar-refractivity contribution in [2.75, 3.05) is 52.2 Å². The first-order valence-electron chi connectivity index (χ1n) is 13.5. The third-order valence-corrected chi connectivity index (χ3v) is 8.42. The molecule has 2 aromatic carbocycles. The van der Waals surface area contributed by atoms with Gasteiger partial charge in [0.05, 0.1) is 28.9 Å². The summed E-state index contributed by atoms with van der Waals surface area (Å²) >= 11 is 6.27. The van der Waals surface area contributed by atoms with Crippen LogP contribution in [0.3, 0.4) is 0 Å². The van der Waals surface area contributed by atoms with Gasteiger partial charge in [0.25, 0.3) is 0 Å². The van der Waals surface area contributed by atoms with Crippen LogP contribution in [0.4, 0.5) is 5.69 Å². The fourth-order valence-corrected chi connectivity index (χ4v) is 5.99. The van der Waals surface area contributed by atoms with Crippen molar-refractivity contribution < 1.29 is 14.6 Å². The second-order valence-electron chi connectivity index (χ2n) is 10.8. The third-order valence-electron chi connectivity index (χ3n) is 8.14. The van der Waals surface area contributed by atoms with Crippen molar-refractivity contribution in [3.05, 3.63) is 47.1 Å². The number of nitrogens with one attached hydrogen (secondary N) is 1. The minimum absolute atomic E-state index is 0. The number of ether oxygens (including phenoxy) is 1. The third kappa shape index (κ3) is 6.60. The summed E-state index contributed by atoms with van der Waals surface area (Å²) in [5, 5.41) is 15.0. The molecule has 2 heterocycles. The maximum absolute atomic E-state index is 12.6. The van der Waals surface area contributed by atoms with Gasteiger partial charge in [-0.2, -0.15) is 0 Å². The highest BCUT2D eigenvalue weighted by Crippen LogP contribution is 2.40. The summed E-state index contributed by atoms with van der Waals surface area (Å²) in [6.45, 7) is 7.44. The Hall–Kier alpha value is -2.58. The molecule has 1 aromatic heterocycles. The minimum atomic E-state index is -0.0789. The fraction of sp³-hybridized carbons (Fsp3) is 0.467. The second-order valence-corrected chi connectivity index (χ2v) is 11.2. The van der Waals surface area contributed by atoms with Crippen molar-refractivity contribution in [1.29, 1.82) is 0 Å². The average molecular weight is 574 g/mol. The highest BCUT2D eigenvalue weighted by atomic mass is 35.5. The van der Waals surface area contributed by atoms with E-state index < -0.39 is 0 Å². The number of phenolic OH excluding ortho intramolecular Hbond substituents is 1. The molecule has 2 aliphatic rings.